The molecule has 0 heterocycles. The normalized spacial score (nSPS) is 13.3. The molecule has 1 unspecified atom stereocenters. The number of rotatable bonds is 11. The van der Waals surface area contributed by atoms with Crippen molar-refractivity contribution in [3.63, 3.8) is 0 Å². The summed E-state index contributed by atoms with van der Waals surface area (Å²) in [5.41, 5.74) is 0. The van der Waals surface area contributed by atoms with E-state index in [9.17, 15) is 4.79 Å². The van der Waals surface area contributed by atoms with E-state index in [4.69, 9.17) is 18.0 Å². The zero-order valence-electron chi connectivity index (χ0n) is 12.9. The average Bonchev–Trinajstić information content (AvgIpc) is 2.34. The van der Waals surface area contributed by atoms with Crippen molar-refractivity contribution in [1.29, 1.82) is 0 Å². The maximum absolute atomic E-state index is 11.2. The summed E-state index contributed by atoms with van der Waals surface area (Å²) in [6.07, 6.45) is 2.01. The SMILES string of the molecule is CCO[Si](CCCOC(C)CC)(OCC)OC(C)=O. The van der Waals surface area contributed by atoms with Crippen LogP contribution >= 0.6 is 0 Å². The van der Waals surface area contributed by atoms with Crippen LogP contribution in [-0.2, 0) is 22.8 Å². The van der Waals surface area contributed by atoms with Crippen LogP contribution < -0.4 is 0 Å². The minimum Gasteiger partial charge on any atom is -0.473 e. The summed E-state index contributed by atoms with van der Waals surface area (Å²) in [5, 5.41) is 0. The van der Waals surface area contributed by atoms with Crippen molar-refractivity contribution >= 4 is 14.8 Å². The number of carbonyl (C=O) groups is 1. The molecule has 19 heavy (non-hydrogen) atoms. The third-order valence-corrected chi connectivity index (χ3v) is 5.65. The molecule has 0 amide bonds. The molecule has 0 aliphatic heterocycles. The van der Waals surface area contributed by atoms with Crippen LogP contribution in [0.25, 0.3) is 0 Å². The van der Waals surface area contributed by atoms with Gasteiger partial charge in [-0.1, -0.05) is 6.92 Å². The molecule has 0 aliphatic rings. The predicted molar refractivity (Wildman–Crippen MR) is 75.9 cm³/mol. The van der Waals surface area contributed by atoms with Gasteiger partial charge in [0, 0.05) is 32.8 Å². The molecule has 6 heteroatoms. The molecular weight excluding hydrogens is 264 g/mol. The van der Waals surface area contributed by atoms with Crippen LogP contribution in [0.2, 0.25) is 6.04 Å². The molecule has 0 fully saturated rings. The topological polar surface area (TPSA) is 54.0 Å². The van der Waals surface area contributed by atoms with Gasteiger partial charge < -0.3 is 18.0 Å². The fraction of sp³-hybridized carbons (Fsp3) is 0.923. The van der Waals surface area contributed by atoms with Gasteiger partial charge >= 0.3 is 8.80 Å². The first kappa shape index (κ1) is 18.6. The molecular formula is C13H28O5Si. The Labute approximate surface area is 117 Å². The Balaban J connectivity index is 4.33. The lowest BCUT2D eigenvalue weighted by atomic mass is 10.3. The molecule has 0 saturated heterocycles. The maximum Gasteiger partial charge on any atom is 0.568 e. The van der Waals surface area contributed by atoms with Gasteiger partial charge in [-0.05, 0) is 33.6 Å². The Kier molecular flexibility index (Phi) is 10.1. The highest BCUT2D eigenvalue weighted by Gasteiger charge is 2.43. The largest absolute Gasteiger partial charge is 0.568 e. The van der Waals surface area contributed by atoms with Gasteiger partial charge in [0.1, 0.15) is 0 Å². The molecule has 0 aromatic rings. The average molecular weight is 292 g/mol. The third kappa shape index (κ3) is 8.36. The Morgan fingerprint density at radius 2 is 1.74 bits per heavy atom. The summed E-state index contributed by atoms with van der Waals surface area (Å²) in [6, 6.07) is 0.602. The molecule has 5 nitrogen and oxygen atoms in total. The van der Waals surface area contributed by atoms with E-state index in [0.29, 0.717) is 25.9 Å². The van der Waals surface area contributed by atoms with Crippen molar-refractivity contribution in [2.45, 2.75) is 59.6 Å². The van der Waals surface area contributed by atoms with Crippen molar-refractivity contribution < 1.29 is 22.8 Å². The highest BCUT2D eigenvalue weighted by molar-refractivity contribution is 6.62. The zero-order valence-corrected chi connectivity index (χ0v) is 13.9. The predicted octanol–water partition coefficient (Wildman–Crippen LogP) is 2.77. The zero-order chi connectivity index (χ0) is 14.7. The Hall–Kier alpha value is -0.433. The van der Waals surface area contributed by atoms with Crippen LogP contribution in [0.5, 0.6) is 0 Å². The highest BCUT2D eigenvalue weighted by atomic mass is 28.4. The molecule has 0 aromatic carbocycles. The number of ether oxygens (including phenoxy) is 1. The smallest absolute Gasteiger partial charge is 0.473 e. The molecule has 0 N–H and O–H groups in total. The molecule has 1 atom stereocenters. The first-order valence-electron chi connectivity index (χ1n) is 7.08. The molecule has 0 saturated carbocycles. The van der Waals surface area contributed by atoms with Gasteiger partial charge in [-0.2, -0.15) is 0 Å². The fourth-order valence-corrected chi connectivity index (χ4v) is 4.13. The molecule has 0 aromatic heterocycles. The molecule has 0 rings (SSSR count). The molecule has 0 radical (unpaired) electrons. The van der Waals surface area contributed by atoms with Crippen molar-refractivity contribution in [2.24, 2.45) is 0 Å². The minimum absolute atomic E-state index is 0.254. The van der Waals surface area contributed by atoms with Crippen LogP contribution in [0.1, 0.15) is 47.5 Å². The van der Waals surface area contributed by atoms with E-state index in [-0.39, 0.29) is 12.1 Å². The van der Waals surface area contributed by atoms with E-state index in [1.807, 2.05) is 20.8 Å². The van der Waals surface area contributed by atoms with Crippen molar-refractivity contribution in [2.75, 3.05) is 19.8 Å². The lowest BCUT2D eigenvalue weighted by molar-refractivity contribution is -0.136. The van der Waals surface area contributed by atoms with Gasteiger partial charge in [0.2, 0.25) is 0 Å². The quantitative estimate of drug-likeness (QED) is 0.433. The van der Waals surface area contributed by atoms with Crippen LogP contribution in [0.4, 0.5) is 0 Å². The summed E-state index contributed by atoms with van der Waals surface area (Å²) in [4.78, 5) is 11.2. The summed E-state index contributed by atoms with van der Waals surface area (Å²) >= 11 is 0. The van der Waals surface area contributed by atoms with E-state index in [1.165, 1.54) is 6.92 Å². The fourth-order valence-electron chi connectivity index (χ4n) is 1.65. The lowest BCUT2D eigenvalue weighted by Crippen LogP contribution is -2.47. The molecule has 0 aliphatic carbocycles. The highest BCUT2D eigenvalue weighted by Crippen LogP contribution is 2.18. The second-order valence-corrected chi connectivity index (χ2v) is 6.98. The van der Waals surface area contributed by atoms with Gasteiger partial charge in [-0.25, -0.2) is 0 Å². The second-order valence-electron chi connectivity index (χ2n) is 4.34. The van der Waals surface area contributed by atoms with E-state index in [0.717, 1.165) is 12.8 Å². The van der Waals surface area contributed by atoms with Crippen LogP contribution in [0.3, 0.4) is 0 Å². The van der Waals surface area contributed by atoms with Crippen LogP contribution in [0, 0.1) is 0 Å². The summed E-state index contributed by atoms with van der Waals surface area (Å²) in [5.74, 6) is -0.351. The summed E-state index contributed by atoms with van der Waals surface area (Å²) < 4.78 is 22.2. The first-order chi connectivity index (χ1) is 8.99. The first-order valence-corrected chi connectivity index (χ1v) is 9.01. The number of carbonyl (C=O) groups excluding carboxylic acids is 1. The van der Waals surface area contributed by atoms with Gasteiger partial charge in [-0.3, -0.25) is 4.79 Å². The standard InChI is InChI=1S/C13H28O5Si/c1-6-12(4)15-10-9-11-19(16-7-2,17-8-3)18-13(5)14/h12H,6-11H2,1-5H3. The Morgan fingerprint density at radius 3 is 2.16 bits per heavy atom. The van der Waals surface area contributed by atoms with E-state index < -0.39 is 8.80 Å². The van der Waals surface area contributed by atoms with Crippen LogP contribution in [-0.4, -0.2) is 40.7 Å². The Morgan fingerprint density at radius 1 is 1.16 bits per heavy atom. The van der Waals surface area contributed by atoms with E-state index in [1.54, 1.807) is 0 Å². The Bertz CT molecular complexity index is 241. The lowest BCUT2D eigenvalue weighted by Gasteiger charge is -2.27. The monoisotopic (exact) mass is 292 g/mol. The molecule has 0 bridgehead atoms. The summed E-state index contributed by atoms with van der Waals surface area (Å²) in [6.45, 7) is 10.8. The van der Waals surface area contributed by atoms with E-state index >= 15 is 0 Å². The van der Waals surface area contributed by atoms with Gasteiger partial charge in [0.15, 0.2) is 0 Å². The van der Waals surface area contributed by atoms with Gasteiger partial charge in [0.05, 0.1) is 6.10 Å². The maximum atomic E-state index is 11.2. The van der Waals surface area contributed by atoms with Crippen molar-refractivity contribution in [3.8, 4) is 0 Å². The molecule has 0 spiro atoms. The third-order valence-electron chi connectivity index (χ3n) is 2.63. The number of hydrogen-bond donors (Lipinski definition) is 0. The van der Waals surface area contributed by atoms with Gasteiger partial charge in [0.25, 0.3) is 5.97 Å². The van der Waals surface area contributed by atoms with E-state index in [2.05, 4.69) is 6.92 Å². The second kappa shape index (κ2) is 10.4. The van der Waals surface area contributed by atoms with Crippen LogP contribution in [0.15, 0.2) is 0 Å². The van der Waals surface area contributed by atoms with Crippen molar-refractivity contribution in [3.05, 3.63) is 0 Å². The minimum atomic E-state index is -2.87. The van der Waals surface area contributed by atoms with Crippen molar-refractivity contribution in [1.82, 2.24) is 0 Å². The number of hydrogen-bond acceptors (Lipinski definition) is 5. The summed E-state index contributed by atoms with van der Waals surface area (Å²) in [7, 11) is -2.87. The molecule has 114 valence electrons. The van der Waals surface area contributed by atoms with Gasteiger partial charge in [-0.15, -0.1) is 0 Å².